The van der Waals surface area contributed by atoms with Gasteiger partial charge in [0.1, 0.15) is 24.2 Å². The van der Waals surface area contributed by atoms with Gasteiger partial charge in [0.25, 0.3) is 0 Å². The normalized spacial score (nSPS) is 12.7. The van der Waals surface area contributed by atoms with Gasteiger partial charge in [0, 0.05) is 19.0 Å². The number of nitrogens with one attached hydrogen (secondary N) is 1. The van der Waals surface area contributed by atoms with Gasteiger partial charge in [-0.1, -0.05) is 49.4 Å². The van der Waals surface area contributed by atoms with E-state index >= 15 is 0 Å². The first-order valence-corrected chi connectivity index (χ1v) is 14.9. The minimum atomic E-state index is -3.93. The molecule has 0 unspecified atom stereocenters. The molecule has 2 atom stereocenters. The van der Waals surface area contributed by atoms with Crippen LogP contribution in [0, 0.1) is 5.82 Å². The number of carbonyl (C=O) groups is 2. The molecule has 0 aliphatic rings. The Morgan fingerprint density at radius 1 is 0.975 bits per heavy atom. The van der Waals surface area contributed by atoms with E-state index < -0.39 is 34.3 Å². The molecule has 0 aromatic heterocycles. The van der Waals surface area contributed by atoms with Gasteiger partial charge >= 0.3 is 0 Å². The largest absolute Gasteiger partial charge is 0.497 e. The quantitative estimate of drug-likeness (QED) is 0.334. The molecule has 40 heavy (non-hydrogen) atoms. The van der Waals surface area contributed by atoms with E-state index in [9.17, 15) is 22.4 Å². The van der Waals surface area contributed by atoms with Crippen molar-refractivity contribution in [3.8, 4) is 5.75 Å². The monoisotopic (exact) mass is 569 g/mol. The number of amides is 2. The summed E-state index contributed by atoms with van der Waals surface area (Å²) in [5, 5.41) is 2.98. The van der Waals surface area contributed by atoms with Crippen molar-refractivity contribution in [1.82, 2.24) is 10.2 Å². The highest BCUT2D eigenvalue weighted by Gasteiger charge is 2.33. The molecule has 3 aromatic carbocycles. The Morgan fingerprint density at radius 3 is 2.23 bits per heavy atom. The third kappa shape index (κ3) is 8.54. The van der Waals surface area contributed by atoms with Crippen molar-refractivity contribution in [2.24, 2.45) is 0 Å². The molecule has 214 valence electrons. The fourth-order valence-corrected chi connectivity index (χ4v) is 5.03. The second kappa shape index (κ2) is 13.9. The zero-order valence-corrected chi connectivity index (χ0v) is 24.0. The predicted octanol–water partition coefficient (Wildman–Crippen LogP) is 4.16. The standard InChI is InChI=1S/C30H36FN3O5S/c1-5-22(2)32-30(36)28(19-23-10-7-6-8-11-23)33(20-24-12-9-13-27(18-24)39-3)29(35)21-34(40(4,37)38)26-16-14-25(31)15-17-26/h6-18,22,28H,5,19-21H2,1-4H3,(H,32,36)/t22-,28+/m0/s1. The molecule has 0 saturated carbocycles. The molecule has 0 spiro atoms. The van der Waals surface area contributed by atoms with Crippen LogP contribution < -0.4 is 14.4 Å². The average molecular weight is 570 g/mol. The number of benzene rings is 3. The van der Waals surface area contributed by atoms with E-state index in [-0.39, 0.29) is 30.6 Å². The Bertz CT molecular complexity index is 1380. The van der Waals surface area contributed by atoms with Crippen LogP contribution in [0.2, 0.25) is 0 Å². The summed E-state index contributed by atoms with van der Waals surface area (Å²) in [5.41, 5.74) is 1.69. The molecule has 0 fully saturated rings. The predicted molar refractivity (Wildman–Crippen MR) is 154 cm³/mol. The SMILES string of the molecule is CC[C@H](C)NC(=O)[C@@H](Cc1ccccc1)N(Cc1cccc(OC)c1)C(=O)CN(c1ccc(F)cc1)S(C)(=O)=O. The Morgan fingerprint density at radius 2 is 1.62 bits per heavy atom. The van der Waals surface area contributed by atoms with Crippen LogP contribution in [0.15, 0.2) is 78.9 Å². The lowest BCUT2D eigenvalue weighted by atomic mass is 10.0. The number of anilines is 1. The van der Waals surface area contributed by atoms with Gasteiger partial charge in [0.15, 0.2) is 0 Å². The second-order valence-corrected chi connectivity index (χ2v) is 11.5. The highest BCUT2D eigenvalue weighted by Crippen LogP contribution is 2.22. The summed E-state index contributed by atoms with van der Waals surface area (Å²) in [6.45, 7) is 3.29. The maximum absolute atomic E-state index is 14.0. The smallest absolute Gasteiger partial charge is 0.244 e. The number of ether oxygens (including phenoxy) is 1. The molecule has 1 N–H and O–H groups in total. The first-order valence-electron chi connectivity index (χ1n) is 13.0. The fraction of sp³-hybridized carbons (Fsp3) is 0.333. The van der Waals surface area contributed by atoms with Crippen molar-refractivity contribution >= 4 is 27.5 Å². The summed E-state index contributed by atoms with van der Waals surface area (Å²) in [7, 11) is -2.39. The number of nitrogens with zero attached hydrogens (tertiary/aromatic N) is 2. The molecule has 0 heterocycles. The van der Waals surface area contributed by atoms with Crippen molar-refractivity contribution in [3.05, 3.63) is 95.8 Å². The van der Waals surface area contributed by atoms with Gasteiger partial charge < -0.3 is 15.0 Å². The Labute approximate surface area is 235 Å². The molecule has 8 nitrogen and oxygen atoms in total. The number of halogens is 1. The molecular formula is C30H36FN3O5S. The topological polar surface area (TPSA) is 96.0 Å². The highest BCUT2D eigenvalue weighted by atomic mass is 32.2. The zero-order chi connectivity index (χ0) is 29.3. The summed E-state index contributed by atoms with van der Waals surface area (Å²) < 4.78 is 45.4. The van der Waals surface area contributed by atoms with Crippen molar-refractivity contribution in [3.63, 3.8) is 0 Å². The van der Waals surface area contributed by atoms with Gasteiger partial charge in [-0.05, 0) is 60.9 Å². The van der Waals surface area contributed by atoms with Gasteiger partial charge in [0.2, 0.25) is 21.8 Å². The van der Waals surface area contributed by atoms with E-state index in [4.69, 9.17) is 4.74 Å². The minimum Gasteiger partial charge on any atom is -0.497 e. The number of sulfonamides is 1. The maximum atomic E-state index is 14.0. The van der Waals surface area contributed by atoms with Crippen molar-refractivity contribution in [2.45, 2.75) is 45.3 Å². The highest BCUT2D eigenvalue weighted by molar-refractivity contribution is 7.92. The van der Waals surface area contributed by atoms with E-state index in [0.717, 1.165) is 28.3 Å². The van der Waals surface area contributed by atoms with Crippen LogP contribution in [0.3, 0.4) is 0 Å². The number of hydrogen-bond donors (Lipinski definition) is 1. The van der Waals surface area contributed by atoms with Crippen molar-refractivity contribution < 1.29 is 27.1 Å². The molecule has 10 heteroatoms. The summed E-state index contributed by atoms with van der Waals surface area (Å²) in [6.07, 6.45) is 1.89. The van der Waals surface area contributed by atoms with Gasteiger partial charge in [-0.2, -0.15) is 0 Å². The fourth-order valence-electron chi connectivity index (χ4n) is 4.18. The molecule has 0 aliphatic heterocycles. The van der Waals surface area contributed by atoms with Crippen LogP contribution in [-0.4, -0.2) is 57.1 Å². The molecule has 3 rings (SSSR count). The third-order valence-corrected chi connectivity index (χ3v) is 7.69. The van der Waals surface area contributed by atoms with Crippen LogP contribution >= 0.6 is 0 Å². The number of hydrogen-bond acceptors (Lipinski definition) is 5. The Kier molecular flexibility index (Phi) is 10.7. The number of carbonyl (C=O) groups excluding carboxylic acids is 2. The summed E-state index contributed by atoms with van der Waals surface area (Å²) in [4.78, 5) is 29.1. The molecule has 0 aliphatic carbocycles. The summed E-state index contributed by atoms with van der Waals surface area (Å²) in [6, 6.07) is 20.2. The molecule has 2 amide bonds. The summed E-state index contributed by atoms with van der Waals surface area (Å²) >= 11 is 0. The van der Waals surface area contributed by atoms with Crippen LogP contribution in [-0.2, 0) is 32.6 Å². The zero-order valence-electron chi connectivity index (χ0n) is 23.2. The second-order valence-electron chi connectivity index (χ2n) is 9.64. The van der Waals surface area contributed by atoms with Crippen molar-refractivity contribution in [2.75, 3.05) is 24.2 Å². The van der Waals surface area contributed by atoms with E-state index in [1.54, 1.807) is 18.2 Å². The first-order chi connectivity index (χ1) is 19.0. The number of methoxy groups -OCH3 is 1. The van der Waals surface area contributed by atoms with Crippen LogP contribution in [0.25, 0.3) is 0 Å². The molecule has 3 aromatic rings. The first kappa shape index (κ1) is 30.6. The maximum Gasteiger partial charge on any atom is 0.244 e. The van der Waals surface area contributed by atoms with Gasteiger partial charge in [-0.15, -0.1) is 0 Å². The molecule has 0 bridgehead atoms. The Hall–Kier alpha value is -3.92. The molecule has 0 radical (unpaired) electrons. The van der Waals surface area contributed by atoms with Gasteiger partial charge in [-0.3, -0.25) is 13.9 Å². The lowest BCUT2D eigenvalue weighted by Crippen LogP contribution is -2.54. The van der Waals surface area contributed by atoms with Crippen LogP contribution in [0.4, 0.5) is 10.1 Å². The van der Waals surface area contributed by atoms with Crippen molar-refractivity contribution in [1.29, 1.82) is 0 Å². The molecule has 0 saturated heterocycles. The third-order valence-electron chi connectivity index (χ3n) is 6.55. The minimum absolute atomic E-state index is 0.0302. The van der Waals surface area contributed by atoms with E-state index in [0.29, 0.717) is 17.7 Å². The lowest BCUT2D eigenvalue weighted by Gasteiger charge is -2.34. The van der Waals surface area contributed by atoms with E-state index in [1.807, 2.05) is 50.2 Å². The van der Waals surface area contributed by atoms with E-state index in [2.05, 4.69) is 5.32 Å². The van der Waals surface area contributed by atoms with Gasteiger partial charge in [-0.25, -0.2) is 12.8 Å². The van der Waals surface area contributed by atoms with Crippen LogP contribution in [0.1, 0.15) is 31.4 Å². The van der Waals surface area contributed by atoms with Crippen LogP contribution in [0.5, 0.6) is 5.75 Å². The molecular weight excluding hydrogens is 533 g/mol. The van der Waals surface area contributed by atoms with Gasteiger partial charge in [0.05, 0.1) is 19.1 Å². The Balaban J connectivity index is 2.06. The lowest BCUT2D eigenvalue weighted by molar-refractivity contribution is -0.140. The van der Waals surface area contributed by atoms with E-state index in [1.165, 1.54) is 24.1 Å². The summed E-state index contributed by atoms with van der Waals surface area (Å²) in [5.74, 6) is -0.884. The average Bonchev–Trinajstić information content (AvgIpc) is 2.94. The number of rotatable bonds is 13.